The van der Waals surface area contributed by atoms with Crippen LogP contribution in [-0.4, -0.2) is 9.97 Å². The molecule has 0 bridgehead atoms. The van der Waals surface area contributed by atoms with Gasteiger partial charge in [0.25, 0.3) is 0 Å². The van der Waals surface area contributed by atoms with Gasteiger partial charge in [0.1, 0.15) is 5.82 Å². The van der Waals surface area contributed by atoms with Crippen LogP contribution in [0, 0.1) is 0 Å². The monoisotopic (exact) mass is 146 g/mol. The molecule has 0 saturated heterocycles. The summed E-state index contributed by atoms with van der Waals surface area (Å²) in [6, 6.07) is 3.94. The van der Waals surface area contributed by atoms with Gasteiger partial charge in [0.05, 0.1) is 0 Å². The SMILES string of the molecule is c1c[nH]c(-c2cc[nH+]cc2)n1. The molecule has 11 heavy (non-hydrogen) atoms. The van der Waals surface area contributed by atoms with Crippen LogP contribution in [0.2, 0.25) is 0 Å². The molecule has 0 aromatic carbocycles. The molecular weight excluding hydrogens is 138 g/mol. The van der Waals surface area contributed by atoms with Crippen molar-refractivity contribution in [2.45, 2.75) is 0 Å². The van der Waals surface area contributed by atoms with Crippen molar-refractivity contribution in [3.63, 3.8) is 0 Å². The van der Waals surface area contributed by atoms with E-state index in [1.807, 2.05) is 30.7 Å². The van der Waals surface area contributed by atoms with Crippen molar-refractivity contribution in [3.8, 4) is 11.4 Å². The van der Waals surface area contributed by atoms with Crippen LogP contribution in [0.15, 0.2) is 36.9 Å². The molecule has 54 valence electrons. The molecule has 0 radical (unpaired) electrons. The summed E-state index contributed by atoms with van der Waals surface area (Å²) in [7, 11) is 0. The van der Waals surface area contributed by atoms with Gasteiger partial charge >= 0.3 is 0 Å². The Balaban J connectivity index is 2.46. The first-order chi connectivity index (χ1) is 5.47. The maximum absolute atomic E-state index is 4.12. The largest absolute Gasteiger partial charge is 0.345 e. The number of hydrogen-bond donors (Lipinski definition) is 1. The summed E-state index contributed by atoms with van der Waals surface area (Å²) in [6.45, 7) is 0. The fraction of sp³-hybridized carbons (Fsp3) is 0. The molecule has 3 heteroatoms. The van der Waals surface area contributed by atoms with Crippen molar-refractivity contribution >= 4 is 0 Å². The molecule has 2 heterocycles. The van der Waals surface area contributed by atoms with E-state index in [0.717, 1.165) is 11.4 Å². The number of rotatable bonds is 1. The van der Waals surface area contributed by atoms with Gasteiger partial charge in [-0.05, 0) is 0 Å². The number of pyridine rings is 1. The molecular formula is C8H8N3+. The first-order valence-electron chi connectivity index (χ1n) is 3.43. The molecule has 0 unspecified atom stereocenters. The van der Waals surface area contributed by atoms with Crippen molar-refractivity contribution in [1.82, 2.24) is 9.97 Å². The van der Waals surface area contributed by atoms with E-state index in [4.69, 9.17) is 0 Å². The van der Waals surface area contributed by atoms with Crippen LogP contribution in [0.3, 0.4) is 0 Å². The zero-order chi connectivity index (χ0) is 7.52. The molecule has 0 atom stereocenters. The highest BCUT2D eigenvalue weighted by Gasteiger charge is 1.97. The van der Waals surface area contributed by atoms with Gasteiger partial charge in [-0.25, -0.2) is 9.97 Å². The summed E-state index contributed by atoms with van der Waals surface area (Å²) < 4.78 is 0. The maximum Gasteiger partial charge on any atom is 0.167 e. The van der Waals surface area contributed by atoms with E-state index < -0.39 is 0 Å². The van der Waals surface area contributed by atoms with E-state index in [9.17, 15) is 0 Å². The van der Waals surface area contributed by atoms with Gasteiger partial charge in [0.2, 0.25) is 0 Å². The van der Waals surface area contributed by atoms with Gasteiger partial charge in [-0.2, -0.15) is 0 Å². The maximum atomic E-state index is 4.12. The zero-order valence-electron chi connectivity index (χ0n) is 5.91. The molecule has 0 fully saturated rings. The van der Waals surface area contributed by atoms with Gasteiger partial charge in [0.15, 0.2) is 12.4 Å². The van der Waals surface area contributed by atoms with Crippen molar-refractivity contribution in [1.29, 1.82) is 0 Å². The highest BCUT2D eigenvalue weighted by Crippen LogP contribution is 2.09. The van der Waals surface area contributed by atoms with Crippen molar-refractivity contribution in [3.05, 3.63) is 36.9 Å². The molecule has 0 spiro atoms. The van der Waals surface area contributed by atoms with Crippen LogP contribution in [0.1, 0.15) is 0 Å². The Kier molecular flexibility index (Phi) is 1.41. The third kappa shape index (κ3) is 1.12. The lowest BCUT2D eigenvalue weighted by molar-refractivity contribution is -0.377. The Morgan fingerprint density at radius 2 is 2.09 bits per heavy atom. The molecule has 0 aliphatic rings. The van der Waals surface area contributed by atoms with E-state index >= 15 is 0 Å². The van der Waals surface area contributed by atoms with Crippen LogP contribution in [-0.2, 0) is 0 Å². The number of hydrogen-bond acceptors (Lipinski definition) is 1. The van der Waals surface area contributed by atoms with Crippen molar-refractivity contribution in [2.24, 2.45) is 0 Å². The predicted molar refractivity (Wildman–Crippen MR) is 40.6 cm³/mol. The predicted octanol–water partition coefficient (Wildman–Crippen LogP) is 0.891. The summed E-state index contributed by atoms with van der Waals surface area (Å²) >= 11 is 0. The lowest BCUT2D eigenvalue weighted by Gasteiger charge is -1.89. The first kappa shape index (κ1) is 6.09. The average Bonchev–Trinajstić information content (AvgIpc) is 2.58. The average molecular weight is 146 g/mol. The topological polar surface area (TPSA) is 42.8 Å². The molecule has 3 nitrogen and oxygen atoms in total. The highest BCUT2D eigenvalue weighted by molar-refractivity contribution is 5.52. The molecule has 2 rings (SSSR count). The molecule has 0 amide bonds. The smallest absolute Gasteiger partial charge is 0.167 e. The van der Waals surface area contributed by atoms with E-state index in [1.165, 1.54) is 0 Å². The van der Waals surface area contributed by atoms with Gasteiger partial charge < -0.3 is 4.98 Å². The third-order valence-corrected chi connectivity index (χ3v) is 1.49. The van der Waals surface area contributed by atoms with E-state index in [0.29, 0.717) is 0 Å². The summed E-state index contributed by atoms with van der Waals surface area (Å²) in [6.07, 6.45) is 7.30. The van der Waals surface area contributed by atoms with Gasteiger partial charge in [-0.15, -0.1) is 0 Å². The second kappa shape index (κ2) is 2.54. The van der Waals surface area contributed by atoms with Gasteiger partial charge in [-0.3, -0.25) is 0 Å². The zero-order valence-corrected chi connectivity index (χ0v) is 5.91. The number of nitrogens with zero attached hydrogens (tertiary/aromatic N) is 1. The Morgan fingerprint density at radius 3 is 2.73 bits per heavy atom. The van der Waals surface area contributed by atoms with Crippen LogP contribution in [0.5, 0.6) is 0 Å². The number of imidazole rings is 1. The molecule has 2 aromatic heterocycles. The minimum Gasteiger partial charge on any atom is -0.345 e. The molecule has 0 aliphatic carbocycles. The minimum absolute atomic E-state index is 0.902. The molecule has 0 saturated carbocycles. The van der Waals surface area contributed by atoms with Crippen LogP contribution in [0.25, 0.3) is 11.4 Å². The second-order valence-electron chi connectivity index (χ2n) is 2.23. The number of nitrogens with one attached hydrogen (secondary N) is 2. The third-order valence-electron chi connectivity index (χ3n) is 1.49. The Bertz CT molecular complexity index is 312. The van der Waals surface area contributed by atoms with E-state index in [2.05, 4.69) is 15.0 Å². The minimum atomic E-state index is 0.902. The van der Waals surface area contributed by atoms with Crippen LogP contribution >= 0.6 is 0 Å². The molecule has 0 aliphatic heterocycles. The fourth-order valence-corrected chi connectivity index (χ4v) is 0.968. The van der Waals surface area contributed by atoms with Crippen LogP contribution < -0.4 is 4.98 Å². The lowest BCUT2D eigenvalue weighted by atomic mass is 10.3. The summed E-state index contributed by atoms with van der Waals surface area (Å²) in [5.41, 5.74) is 1.09. The first-order valence-corrected chi connectivity index (χ1v) is 3.43. The highest BCUT2D eigenvalue weighted by atomic mass is 14.9. The Morgan fingerprint density at radius 1 is 1.27 bits per heavy atom. The summed E-state index contributed by atoms with van der Waals surface area (Å²) in [5, 5.41) is 0. The quantitative estimate of drug-likeness (QED) is 0.638. The summed E-state index contributed by atoms with van der Waals surface area (Å²) in [5.74, 6) is 0.902. The standard InChI is InChI=1S/C8H7N3/c1-3-9-4-2-7(1)8-10-5-6-11-8/h1-6H,(H,10,11)/p+1. The fourth-order valence-electron chi connectivity index (χ4n) is 0.968. The van der Waals surface area contributed by atoms with Crippen molar-refractivity contribution in [2.75, 3.05) is 0 Å². The normalized spacial score (nSPS) is 9.82. The van der Waals surface area contributed by atoms with E-state index in [1.54, 1.807) is 6.20 Å². The second-order valence-corrected chi connectivity index (χ2v) is 2.23. The Labute approximate surface area is 64.1 Å². The lowest BCUT2D eigenvalue weighted by Crippen LogP contribution is -1.96. The number of aromatic nitrogens is 3. The Hall–Kier alpha value is -1.64. The van der Waals surface area contributed by atoms with E-state index in [-0.39, 0.29) is 0 Å². The number of aromatic amines is 2. The molecule has 2 N–H and O–H groups in total. The van der Waals surface area contributed by atoms with Crippen LogP contribution in [0.4, 0.5) is 0 Å². The van der Waals surface area contributed by atoms with Gasteiger partial charge in [0, 0.05) is 30.1 Å². The van der Waals surface area contributed by atoms with Crippen molar-refractivity contribution < 1.29 is 4.98 Å². The van der Waals surface area contributed by atoms with Gasteiger partial charge in [-0.1, -0.05) is 0 Å². The number of H-pyrrole nitrogens is 2. The summed E-state index contributed by atoms with van der Waals surface area (Å²) in [4.78, 5) is 10.1. The molecule has 2 aromatic rings.